The molecule has 1 fully saturated rings. The minimum absolute atomic E-state index is 0.266. The number of aromatic amines is 1. The zero-order valence-electron chi connectivity index (χ0n) is 19.3. The summed E-state index contributed by atoms with van der Waals surface area (Å²) in [6.45, 7) is 14.3. The molecule has 1 N–H and O–H groups in total. The van der Waals surface area contributed by atoms with E-state index in [0.717, 1.165) is 0 Å². The summed E-state index contributed by atoms with van der Waals surface area (Å²) in [7, 11) is 1.59. The van der Waals surface area contributed by atoms with Crippen LogP contribution in [-0.4, -0.2) is 66.0 Å². The van der Waals surface area contributed by atoms with Gasteiger partial charge in [-0.1, -0.05) is 0 Å². The predicted octanol–water partition coefficient (Wildman–Crippen LogP) is 1.77. The van der Waals surface area contributed by atoms with Crippen LogP contribution >= 0.6 is 0 Å². The van der Waals surface area contributed by atoms with Gasteiger partial charge in [0.1, 0.15) is 18.3 Å². The van der Waals surface area contributed by atoms with Crippen molar-refractivity contribution < 1.29 is 23.7 Å². The first-order valence-corrected chi connectivity index (χ1v) is 10.2. The standard InChI is InChI=1S/C21H36N2O7/c1-13-11-23(19(25)22-17(13)24)18-16(27-10-9-26-8)15(30-21(5,6)7)14(29-18)12-28-20(2,3)4/h11,14-16,18H,9-10,12H2,1-8H3,(H,22,24,25)/t14-,15?,16+,18-/m1/s1. The van der Waals surface area contributed by atoms with Crippen LogP contribution in [-0.2, 0) is 23.7 Å². The second kappa shape index (κ2) is 9.74. The molecule has 1 aliphatic rings. The highest BCUT2D eigenvalue weighted by Crippen LogP contribution is 2.36. The highest BCUT2D eigenvalue weighted by Gasteiger charge is 2.49. The van der Waals surface area contributed by atoms with E-state index in [1.165, 1.54) is 10.8 Å². The molecule has 4 atom stereocenters. The molecule has 9 nitrogen and oxygen atoms in total. The van der Waals surface area contributed by atoms with E-state index in [1.54, 1.807) is 14.0 Å². The number of methoxy groups -OCH3 is 1. The van der Waals surface area contributed by atoms with Crippen molar-refractivity contribution in [2.24, 2.45) is 0 Å². The van der Waals surface area contributed by atoms with Gasteiger partial charge in [0.25, 0.3) is 5.56 Å². The highest BCUT2D eigenvalue weighted by atomic mass is 16.6. The Kier molecular flexibility index (Phi) is 8.03. The molecule has 172 valence electrons. The molecular weight excluding hydrogens is 392 g/mol. The van der Waals surface area contributed by atoms with Crippen molar-refractivity contribution in [2.45, 2.75) is 84.2 Å². The monoisotopic (exact) mass is 428 g/mol. The normalized spacial score (nSPS) is 25.1. The molecule has 2 rings (SSSR count). The van der Waals surface area contributed by atoms with E-state index >= 15 is 0 Å². The van der Waals surface area contributed by atoms with Gasteiger partial charge in [-0.2, -0.15) is 0 Å². The lowest BCUT2D eigenvalue weighted by atomic mass is 10.1. The zero-order valence-corrected chi connectivity index (χ0v) is 19.3. The van der Waals surface area contributed by atoms with Crippen LogP contribution in [0.4, 0.5) is 0 Å². The third-order valence-electron chi connectivity index (χ3n) is 4.47. The van der Waals surface area contributed by atoms with Crippen molar-refractivity contribution in [3.05, 3.63) is 32.6 Å². The van der Waals surface area contributed by atoms with Gasteiger partial charge in [0.2, 0.25) is 0 Å². The molecule has 0 aliphatic carbocycles. The molecule has 1 aliphatic heterocycles. The Hall–Kier alpha value is -1.52. The third-order valence-corrected chi connectivity index (χ3v) is 4.47. The van der Waals surface area contributed by atoms with Crippen LogP contribution in [0.2, 0.25) is 0 Å². The Morgan fingerprint density at radius 1 is 1.07 bits per heavy atom. The van der Waals surface area contributed by atoms with Gasteiger partial charge in [-0.05, 0) is 48.5 Å². The molecule has 0 aromatic carbocycles. The van der Waals surface area contributed by atoms with Crippen molar-refractivity contribution in [1.82, 2.24) is 9.55 Å². The lowest BCUT2D eigenvalue weighted by Gasteiger charge is -2.32. The van der Waals surface area contributed by atoms with E-state index in [4.69, 9.17) is 23.7 Å². The Morgan fingerprint density at radius 2 is 1.73 bits per heavy atom. The van der Waals surface area contributed by atoms with Crippen molar-refractivity contribution in [3.8, 4) is 0 Å². The SMILES string of the molecule is COCCO[C@H]1C(OC(C)(C)C)[C@@H](COC(C)(C)C)O[C@H]1n1cc(C)c(=O)[nH]c1=O. The summed E-state index contributed by atoms with van der Waals surface area (Å²) in [6, 6.07) is 0. The Bertz CT molecular complexity index is 803. The van der Waals surface area contributed by atoms with Crippen molar-refractivity contribution in [1.29, 1.82) is 0 Å². The van der Waals surface area contributed by atoms with E-state index in [9.17, 15) is 9.59 Å². The zero-order chi connectivity index (χ0) is 22.7. The van der Waals surface area contributed by atoms with Crippen molar-refractivity contribution in [3.63, 3.8) is 0 Å². The minimum Gasteiger partial charge on any atom is -0.382 e. The Balaban J connectivity index is 2.43. The van der Waals surface area contributed by atoms with Gasteiger partial charge >= 0.3 is 5.69 Å². The fraction of sp³-hybridized carbons (Fsp3) is 0.810. The molecule has 1 aromatic heterocycles. The number of nitrogens with zero attached hydrogens (tertiary/aromatic N) is 1. The fourth-order valence-corrected chi connectivity index (χ4v) is 3.17. The summed E-state index contributed by atoms with van der Waals surface area (Å²) < 4.78 is 31.0. The molecule has 9 heteroatoms. The van der Waals surface area contributed by atoms with E-state index in [2.05, 4.69) is 4.98 Å². The highest BCUT2D eigenvalue weighted by molar-refractivity contribution is 5.04. The molecule has 0 amide bonds. The number of H-pyrrole nitrogens is 1. The summed E-state index contributed by atoms with van der Waals surface area (Å²) in [4.78, 5) is 26.7. The quantitative estimate of drug-likeness (QED) is 0.630. The van der Waals surface area contributed by atoms with E-state index < -0.39 is 41.4 Å². The van der Waals surface area contributed by atoms with Crippen molar-refractivity contribution >= 4 is 0 Å². The lowest BCUT2D eigenvalue weighted by molar-refractivity contribution is -0.145. The average molecular weight is 429 g/mol. The topological polar surface area (TPSA) is 101 Å². The number of hydrogen-bond acceptors (Lipinski definition) is 7. The molecule has 1 aromatic rings. The first-order chi connectivity index (χ1) is 13.8. The molecule has 0 spiro atoms. The van der Waals surface area contributed by atoms with Gasteiger partial charge in [0.15, 0.2) is 6.23 Å². The van der Waals surface area contributed by atoms with E-state index in [0.29, 0.717) is 18.8 Å². The number of aromatic nitrogens is 2. The van der Waals surface area contributed by atoms with Crippen LogP contribution in [0.25, 0.3) is 0 Å². The second-order valence-corrected chi connectivity index (χ2v) is 9.49. The molecule has 0 radical (unpaired) electrons. The summed E-state index contributed by atoms with van der Waals surface area (Å²) in [6.07, 6.45) is -0.866. The number of ether oxygens (including phenoxy) is 5. The minimum atomic E-state index is -0.786. The molecular formula is C21H36N2O7. The maximum atomic E-state index is 12.5. The maximum absolute atomic E-state index is 12.5. The number of aryl methyl sites for hydroxylation is 1. The summed E-state index contributed by atoms with van der Waals surface area (Å²) >= 11 is 0. The molecule has 1 unspecified atom stereocenters. The van der Waals surface area contributed by atoms with Crippen molar-refractivity contribution in [2.75, 3.05) is 26.9 Å². The van der Waals surface area contributed by atoms with Gasteiger partial charge < -0.3 is 23.7 Å². The smallest absolute Gasteiger partial charge is 0.330 e. The number of hydrogen-bond donors (Lipinski definition) is 1. The molecule has 0 bridgehead atoms. The van der Waals surface area contributed by atoms with Gasteiger partial charge in [0, 0.05) is 18.9 Å². The van der Waals surface area contributed by atoms with Crippen LogP contribution in [0.3, 0.4) is 0 Å². The first-order valence-electron chi connectivity index (χ1n) is 10.2. The Labute approximate surface area is 177 Å². The number of nitrogens with one attached hydrogen (secondary N) is 1. The largest absolute Gasteiger partial charge is 0.382 e. The molecule has 30 heavy (non-hydrogen) atoms. The van der Waals surface area contributed by atoms with Gasteiger partial charge in [0.05, 0.1) is 31.0 Å². The van der Waals surface area contributed by atoms with Gasteiger partial charge in [-0.3, -0.25) is 14.3 Å². The van der Waals surface area contributed by atoms with Crippen LogP contribution in [0.1, 0.15) is 53.3 Å². The molecule has 0 saturated carbocycles. The van der Waals surface area contributed by atoms with E-state index in [-0.39, 0.29) is 12.2 Å². The van der Waals surface area contributed by atoms with E-state index in [1.807, 2.05) is 41.5 Å². The van der Waals surface area contributed by atoms with Crippen LogP contribution in [0, 0.1) is 6.92 Å². The Morgan fingerprint density at radius 3 is 2.30 bits per heavy atom. The fourth-order valence-electron chi connectivity index (χ4n) is 3.17. The van der Waals surface area contributed by atoms with Crippen LogP contribution in [0.15, 0.2) is 15.8 Å². The summed E-state index contributed by atoms with van der Waals surface area (Å²) in [5.74, 6) is 0. The lowest BCUT2D eigenvalue weighted by Crippen LogP contribution is -2.45. The molecule has 2 heterocycles. The third kappa shape index (κ3) is 6.75. The summed E-state index contributed by atoms with van der Waals surface area (Å²) in [5.41, 5.74) is -1.44. The van der Waals surface area contributed by atoms with Crippen LogP contribution in [0.5, 0.6) is 0 Å². The second-order valence-electron chi connectivity index (χ2n) is 9.49. The number of rotatable bonds is 8. The van der Waals surface area contributed by atoms with Gasteiger partial charge in [-0.15, -0.1) is 0 Å². The maximum Gasteiger partial charge on any atom is 0.330 e. The average Bonchev–Trinajstić information content (AvgIpc) is 2.92. The van der Waals surface area contributed by atoms with Gasteiger partial charge in [-0.25, -0.2) is 4.79 Å². The van der Waals surface area contributed by atoms with Crippen LogP contribution < -0.4 is 11.2 Å². The molecule has 1 saturated heterocycles. The predicted molar refractivity (Wildman–Crippen MR) is 112 cm³/mol. The first kappa shape index (κ1) is 24.7. The summed E-state index contributed by atoms with van der Waals surface area (Å²) in [5, 5.41) is 0.